The summed E-state index contributed by atoms with van der Waals surface area (Å²) in [5, 5.41) is 8.52. The molecule has 0 radical (unpaired) electrons. The van der Waals surface area contributed by atoms with Crippen molar-refractivity contribution in [3.63, 3.8) is 0 Å². The van der Waals surface area contributed by atoms with Crippen molar-refractivity contribution in [2.24, 2.45) is 19.1 Å². The molecule has 0 bridgehead atoms. The van der Waals surface area contributed by atoms with E-state index in [0.717, 1.165) is 11.4 Å². The molecule has 1 heterocycles. The summed E-state index contributed by atoms with van der Waals surface area (Å²) in [4.78, 5) is 13.9. The monoisotopic (exact) mass is 183 g/mol. The Labute approximate surface area is 76.0 Å². The van der Waals surface area contributed by atoms with E-state index in [2.05, 4.69) is 4.99 Å². The van der Waals surface area contributed by atoms with Crippen LogP contribution < -0.4 is 5.62 Å². The second-order valence-electron chi connectivity index (χ2n) is 2.98. The van der Waals surface area contributed by atoms with Crippen molar-refractivity contribution in [3.8, 4) is 0 Å². The van der Waals surface area contributed by atoms with Crippen molar-refractivity contribution in [2.75, 3.05) is 0 Å². The molecule has 0 spiro atoms. The third kappa shape index (κ3) is 1.49. The van der Waals surface area contributed by atoms with Gasteiger partial charge in [-0.05, 0) is 13.8 Å². The number of hydrogen-bond donors (Lipinski definition) is 1. The first kappa shape index (κ1) is 9.57. The first-order chi connectivity index (χ1) is 5.95. The molecule has 72 valence electrons. The van der Waals surface area contributed by atoms with Crippen LogP contribution in [0, 0.1) is 13.8 Å². The van der Waals surface area contributed by atoms with Gasteiger partial charge in [0, 0.05) is 25.5 Å². The third-order valence-electron chi connectivity index (χ3n) is 2.33. The lowest BCUT2D eigenvalue weighted by Crippen LogP contribution is -2.24. The van der Waals surface area contributed by atoms with E-state index in [-0.39, 0.29) is 0 Å². The molecule has 0 aromatic carbocycles. The van der Waals surface area contributed by atoms with Gasteiger partial charge in [0.2, 0.25) is 5.62 Å². The Balaban J connectivity index is 3.55. The zero-order chi connectivity index (χ0) is 10.2. The molecule has 0 atom stereocenters. The first-order valence-electron chi connectivity index (χ1n) is 3.91. The van der Waals surface area contributed by atoms with Crippen LogP contribution in [-0.4, -0.2) is 20.3 Å². The average molecular weight is 183 g/mol. The van der Waals surface area contributed by atoms with E-state index in [0.29, 0.717) is 5.62 Å². The number of carbonyl (C=O) groups is 1. The fraction of sp³-hybridized carbons (Fsp3) is 0.500. The van der Waals surface area contributed by atoms with Gasteiger partial charge in [-0.25, -0.2) is 4.79 Å². The van der Waals surface area contributed by atoms with Crippen LogP contribution in [0.15, 0.2) is 4.99 Å². The van der Waals surface area contributed by atoms with Gasteiger partial charge in [0.05, 0.1) is 0 Å². The second-order valence-corrected chi connectivity index (χ2v) is 2.98. The van der Waals surface area contributed by atoms with E-state index in [4.69, 9.17) is 5.11 Å². The molecule has 0 saturated carbocycles. The number of hydrogen-bond acceptors (Lipinski definition) is 1. The maximum absolute atomic E-state index is 10.4. The minimum atomic E-state index is -1.17. The molecule has 1 aromatic rings. The Morgan fingerprint density at radius 2 is 1.62 bits per heavy atom. The summed E-state index contributed by atoms with van der Waals surface area (Å²) in [6.45, 7) is 3.85. The van der Waals surface area contributed by atoms with Crippen LogP contribution in [0.5, 0.6) is 0 Å². The number of imidazole rings is 1. The Morgan fingerprint density at radius 1 is 1.23 bits per heavy atom. The number of carboxylic acid groups (broad SMARTS) is 1. The van der Waals surface area contributed by atoms with E-state index in [1.807, 2.05) is 13.8 Å². The standard InChI is InChI=1S/C8H13N3O2/c1-5-6(2)11(4)7(10(5)3)9-8(12)13/h1-4H3,(H,12,13). The fourth-order valence-corrected chi connectivity index (χ4v) is 1.25. The summed E-state index contributed by atoms with van der Waals surface area (Å²) in [5.41, 5.74) is 2.48. The van der Waals surface area contributed by atoms with Gasteiger partial charge in [0.1, 0.15) is 0 Å². The van der Waals surface area contributed by atoms with E-state index in [1.165, 1.54) is 0 Å². The zero-order valence-electron chi connectivity index (χ0n) is 8.20. The molecule has 0 aliphatic rings. The fourth-order valence-electron chi connectivity index (χ4n) is 1.25. The lowest BCUT2D eigenvalue weighted by Gasteiger charge is -1.92. The normalized spacial score (nSPS) is 10.2. The van der Waals surface area contributed by atoms with Crippen LogP contribution in [-0.2, 0) is 14.1 Å². The van der Waals surface area contributed by atoms with Gasteiger partial charge >= 0.3 is 6.09 Å². The Hall–Kier alpha value is -1.52. The van der Waals surface area contributed by atoms with Crippen LogP contribution >= 0.6 is 0 Å². The highest BCUT2D eigenvalue weighted by Crippen LogP contribution is 2.00. The molecular formula is C8H13N3O2. The number of aromatic nitrogens is 2. The summed E-state index contributed by atoms with van der Waals surface area (Å²) >= 11 is 0. The van der Waals surface area contributed by atoms with E-state index in [9.17, 15) is 4.79 Å². The van der Waals surface area contributed by atoms with Gasteiger partial charge in [-0.15, -0.1) is 4.99 Å². The molecule has 1 aromatic heterocycles. The van der Waals surface area contributed by atoms with E-state index < -0.39 is 6.09 Å². The quantitative estimate of drug-likeness (QED) is 0.638. The van der Waals surface area contributed by atoms with Crippen molar-refractivity contribution >= 4 is 6.09 Å². The van der Waals surface area contributed by atoms with Gasteiger partial charge in [0.25, 0.3) is 0 Å². The highest BCUT2D eigenvalue weighted by atomic mass is 16.4. The van der Waals surface area contributed by atoms with Crippen LogP contribution in [0.25, 0.3) is 0 Å². The number of rotatable bonds is 0. The minimum absolute atomic E-state index is 0.447. The molecule has 0 saturated heterocycles. The highest BCUT2D eigenvalue weighted by molar-refractivity contribution is 5.65. The largest absolute Gasteiger partial charge is 0.463 e. The lowest BCUT2D eigenvalue weighted by atomic mass is 10.4. The molecule has 0 aliphatic heterocycles. The van der Waals surface area contributed by atoms with Gasteiger partial charge in [-0.2, -0.15) is 0 Å². The SMILES string of the molecule is Cc1c(C)n(C)c(=NC(=O)O)n1C. The van der Waals surface area contributed by atoms with Crippen molar-refractivity contribution in [1.82, 2.24) is 9.13 Å². The Morgan fingerprint density at radius 3 is 1.92 bits per heavy atom. The van der Waals surface area contributed by atoms with Gasteiger partial charge < -0.3 is 14.2 Å². The average Bonchev–Trinajstić information content (AvgIpc) is 2.22. The predicted molar refractivity (Wildman–Crippen MR) is 47.4 cm³/mol. The van der Waals surface area contributed by atoms with Crippen molar-refractivity contribution in [1.29, 1.82) is 0 Å². The second kappa shape index (κ2) is 3.08. The number of nitrogens with zero attached hydrogens (tertiary/aromatic N) is 3. The number of amides is 1. The van der Waals surface area contributed by atoms with Gasteiger partial charge in [-0.3, -0.25) is 0 Å². The molecule has 5 nitrogen and oxygen atoms in total. The first-order valence-corrected chi connectivity index (χ1v) is 3.91. The van der Waals surface area contributed by atoms with E-state index >= 15 is 0 Å². The summed E-state index contributed by atoms with van der Waals surface area (Å²) in [6, 6.07) is 0. The minimum Gasteiger partial charge on any atom is -0.463 e. The Kier molecular flexibility index (Phi) is 2.27. The molecular weight excluding hydrogens is 170 g/mol. The summed E-state index contributed by atoms with van der Waals surface area (Å²) in [7, 11) is 3.59. The van der Waals surface area contributed by atoms with Crippen molar-refractivity contribution in [3.05, 3.63) is 17.0 Å². The molecule has 13 heavy (non-hydrogen) atoms. The predicted octanol–water partition coefficient (Wildman–Crippen LogP) is 0.559. The molecule has 0 aliphatic carbocycles. The Bertz CT molecular complexity index is 383. The smallest absolute Gasteiger partial charge is 0.434 e. The highest BCUT2D eigenvalue weighted by Gasteiger charge is 2.06. The zero-order valence-corrected chi connectivity index (χ0v) is 8.20. The molecule has 1 rings (SSSR count). The van der Waals surface area contributed by atoms with E-state index in [1.54, 1.807) is 23.2 Å². The maximum atomic E-state index is 10.4. The van der Waals surface area contributed by atoms with Crippen LogP contribution in [0.1, 0.15) is 11.4 Å². The molecule has 0 unspecified atom stereocenters. The summed E-state index contributed by atoms with van der Waals surface area (Å²) in [6.07, 6.45) is -1.17. The van der Waals surface area contributed by atoms with Crippen LogP contribution in [0.2, 0.25) is 0 Å². The molecule has 1 amide bonds. The van der Waals surface area contributed by atoms with Gasteiger partial charge in [-0.1, -0.05) is 0 Å². The third-order valence-corrected chi connectivity index (χ3v) is 2.33. The summed E-state index contributed by atoms with van der Waals surface area (Å²) in [5.74, 6) is 0. The topological polar surface area (TPSA) is 59.5 Å². The van der Waals surface area contributed by atoms with Gasteiger partial charge in [0.15, 0.2) is 0 Å². The van der Waals surface area contributed by atoms with Crippen LogP contribution in [0.4, 0.5) is 4.79 Å². The van der Waals surface area contributed by atoms with Crippen molar-refractivity contribution in [2.45, 2.75) is 13.8 Å². The summed E-state index contributed by atoms with van der Waals surface area (Å²) < 4.78 is 3.51. The molecule has 1 N–H and O–H groups in total. The maximum Gasteiger partial charge on any atom is 0.434 e. The van der Waals surface area contributed by atoms with Crippen LogP contribution in [0.3, 0.4) is 0 Å². The molecule has 5 heteroatoms. The van der Waals surface area contributed by atoms with Crippen molar-refractivity contribution < 1.29 is 9.90 Å². The molecule has 0 fully saturated rings. The lowest BCUT2D eigenvalue weighted by molar-refractivity contribution is 0.204.